The number of rotatable bonds is 3. The molecular weight excluding hydrogens is 284 g/mol. The van der Waals surface area contributed by atoms with E-state index in [9.17, 15) is 4.79 Å². The maximum absolute atomic E-state index is 11.5. The number of nitrogens with one attached hydrogen (secondary N) is 1. The molecule has 0 fully saturated rings. The first kappa shape index (κ1) is 13.8. The zero-order valence-electron chi connectivity index (χ0n) is 10.8. The van der Waals surface area contributed by atoms with E-state index in [4.69, 9.17) is 11.6 Å². The van der Waals surface area contributed by atoms with Crippen LogP contribution in [-0.2, 0) is 4.74 Å². The molecule has 100 valence electrons. The summed E-state index contributed by atoms with van der Waals surface area (Å²) in [5.74, 6) is -0.427. The van der Waals surface area contributed by atoms with E-state index >= 15 is 0 Å². The summed E-state index contributed by atoms with van der Waals surface area (Å²) in [6.07, 6.45) is 0. The van der Waals surface area contributed by atoms with Crippen LogP contribution in [-0.4, -0.2) is 18.1 Å². The highest BCUT2D eigenvalue weighted by Gasteiger charge is 2.15. The zero-order chi connectivity index (χ0) is 14.0. The third-order valence-corrected chi connectivity index (χ3v) is 3.89. The van der Waals surface area contributed by atoms with Crippen LogP contribution >= 0.6 is 22.9 Å². The molecule has 1 aromatic carbocycles. The molecule has 0 saturated heterocycles. The van der Waals surface area contributed by atoms with Gasteiger partial charge in [-0.3, -0.25) is 0 Å². The monoisotopic (exact) mass is 296 g/mol. The minimum atomic E-state index is -0.427. The fourth-order valence-electron chi connectivity index (χ4n) is 1.53. The molecule has 0 radical (unpaired) electrons. The van der Waals surface area contributed by atoms with Crippen LogP contribution in [0.4, 0.5) is 10.8 Å². The van der Waals surface area contributed by atoms with Crippen LogP contribution in [0, 0.1) is 13.8 Å². The Morgan fingerprint density at radius 2 is 2.16 bits per heavy atom. The predicted molar refractivity (Wildman–Crippen MR) is 77.7 cm³/mol. The van der Waals surface area contributed by atoms with E-state index in [1.807, 2.05) is 32.0 Å². The Hall–Kier alpha value is -1.59. The molecule has 0 spiro atoms. The van der Waals surface area contributed by atoms with E-state index in [-0.39, 0.29) is 0 Å². The lowest BCUT2D eigenvalue weighted by molar-refractivity contribution is 0.0594. The number of nitrogens with zero attached hydrogens (tertiary/aromatic N) is 1. The lowest BCUT2D eigenvalue weighted by atomic mass is 10.2. The molecule has 1 aromatic heterocycles. The quantitative estimate of drug-likeness (QED) is 0.872. The van der Waals surface area contributed by atoms with E-state index in [1.165, 1.54) is 18.4 Å². The maximum Gasteiger partial charge on any atom is 0.357 e. The maximum atomic E-state index is 11.5. The first-order valence-electron chi connectivity index (χ1n) is 5.60. The van der Waals surface area contributed by atoms with Gasteiger partial charge in [0.15, 0.2) is 10.8 Å². The van der Waals surface area contributed by atoms with Gasteiger partial charge >= 0.3 is 5.97 Å². The normalized spacial score (nSPS) is 10.3. The number of hydrogen-bond donors (Lipinski definition) is 1. The number of halogens is 1. The van der Waals surface area contributed by atoms with Gasteiger partial charge in [-0.05, 0) is 31.5 Å². The average molecular weight is 297 g/mol. The Labute approximate surface area is 120 Å². The molecule has 0 atom stereocenters. The number of aromatic nitrogens is 1. The van der Waals surface area contributed by atoms with Crippen LogP contribution in [0.3, 0.4) is 0 Å². The van der Waals surface area contributed by atoms with Crippen molar-refractivity contribution in [1.29, 1.82) is 0 Å². The van der Waals surface area contributed by atoms with E-state index in [1.54, 1.807) is 0 Å². The summed E-state index contributed by atoms with van der Waals surface area (Å²) >= 11 is 7.46. The smallest absolute Gasteiger partial charge is 0.357 e. The number of anilines is 2. The minimum Gasteiger partial charge on any atom is -0.464 e. The van der Waals surface area contributed by atoms with Crippen molar-refractivity contribution < 1.29 is 9.53 Å². The summed E-state index contributed by atoms with van der Waals surface area (Å²) in [7, 11) is 1.34. The lowest BCUT2D eigenvalue weighted by Gasteiger charge is -2.04. The van der Waals surface area contributed by atoms with Gasteiger partial charge < -0.3 is 10.1 Å². The number of esters is 1. The summed E-state index contributed by atoms with van der Waals surface area (Å²) in [6, 6.07) is 5.66. The third kappa shape index (κ3) is 3.05. The van der Waals surface area contributed by atoms with Crippen LogP contribution in [0.1, 0.15) is 20.9 Å². The molecule has 1 heterocycles. The van der Waals surface area contributed by atoms with Crippen molar-refractivity contribution >= 4 is 39.7 Å². The predicted octanol–water partition coefficient (Wildman–Crippen LogP) is 3.94. The number of benzene rings is 1. The Kier molecular flexibility index (Phi) is 4.07. The molecule has 2 rings (SSSR count). The third-order valence-electron chi connectivity index (χ3n) is 2.60. The second-order valence-electron chi connectivity index (χ2n) is 4.00. The second-order valence-corrected chi connectivity index (χ2v) is 5.61. The summed E-state index contributed by atoms with van der Waals surface area (Å²) in [6.45, 7) is 3.77. The molecule has 0 bridgehead atoms. The van der Waals surface area contributed by atoms with Gasteiger partial charge in [0.1, 0.15) is 0 Å². The van der Waals surface area contributed by atoms with Gasteiger partial charge in [-0.2, -0.15) is 0 Å². The molecule has 1 N–H and O–H groups in total. The minimum absolute atomic E-state index is 0.341. The van der Waals surface area contributed by atoms with Crippen molar-refractivity contribution in [3.05, 3.63) is 39.4 Å². The summed E-state index contributed by atoms with van der Waals surface area (Å²) in [5.41, 5.74) is 2.19. The molecule has 2 aromatic rings. The highest BCUT2D eigenvalue weighted by molar-refractivity contribution is 7.15. The van der Waals surface area contributed by atoms with Crippen molar-refractivity contribution in [1.82, 2.24) is 4.98 Å². The number of carbonyl (C=O) groups excluding carboxylic acids is 1. The second kappa shape index (κ2) is 5.59. The molecule has 0 unspecified atom stereocenters. The molecule has 0 saturated carbocycles. The molecule has 0 aliphatic heterocycles. The topological polar surface area (TPSA) is 51.2 Å². The largest absolute Gasteiger partial charge is 0.464 e. The van der Waals surface area contributed by atoms with Crippen LogP contribution in [0.5, 0.6) is 0 Å². The van der Waals surface area contributed by atoms with Crippen LogP contribution in [0.15, 0.2) is 18.2 Å². The Morgan fingerprint density at radius 3 is 2.79 bits per heavy atom. The first-order chi connectivity index (χ1) is 9.01. The number of carbonyl (C=O) groups is 1. The van der Waals surface area contributed by atoms with Gasteiger partial charge in [0.25, 0.3) is 0 Å². The summed E-state index contributed by atoms with van der Waals surface area (Å²) < 4.78 is 4.67. The van der Waals surface area contributed by atoms with Gasteiger partial charge in [-0.25, -0.2) is 9.78 Å². The van der Waals surface area contributed by atoms with Crippen LogP contribution < -0.4 is 5.32 Å². The SMILES string of the molecule is COC(=O)c1nc(Nc2ccc(C)c(Cl)c2)sc1C. The van der Waals surface area contributed by atoms with E-state index in [0.717, 1.165) is 16.1 Å². The van der Waals surface area contributed by atoms with Crippen molar-refractivity contribution in [2.45, 2.75) is 13.8 Å². The summed E-state index contributed by atoms with van der Waals surface area (Å²) in [5, 5.41) is 4.45. The van der Waals surface area contributed by atoms with Crippen molar-refractivity contribution in [3.8, 4) is 0 Å². The Morgan fingerprint density at radius 1 is 1.42 bits per heavy atom. The summed E-state index contributed by atoms with van der Waals surface area (Å²) in [4.78, 5) is 16.5. The van der Waals surface area contributed by atoms with Crippen molar-refractivity contribution in [2.24, 2.45) is 0 Å². The molecular formula is C13H13ClN2O2S. The van der Waals surface area contributed by atoms with Crippen LogP contribution in [0.2, 0.25) is 5.02 Å². The number of ether oxygens (including phenoxy) is 1. The van der Waals surface area contributed by atoms with E-state index < -0.39 is 5.97 Å². The number of methoxy groups -OCH3 is 1. The first-order valence-corrected chi connectivity index (χ1v) is 6.79. The standard InChI is InChI=1S/C13H13ClN2O2S/c1-7-4-5-9(6-10(7)14)15-13-16-11(8(2)19-13)12(17)18-3/h4-6H,1-3H3,(H,15,16). The number of aryl methyl sites for hydroxylation is 2. The molecule has 4 nitrogen and oxygen atoms in total. The highest BCUT2D eigenvalue weighted by atomic mass is 35.5. The molecule has 6 heteroatoms. The van der Waals surface area contributed by atoms with Gasteiger partial charge in [0.05, 0.1) is 7.11 Å². The lowest BCUT2D eigenvalue weighted by Crippen LogP contribution is -2.03. The van der Waals surface area contributed by atoms with Crippen LogP contribution in [0.25, 0.3) is 0 Å². The number of thiazole rings is 1. The van der Waals surface area contributed by atoms with Gasteiger partial charge in [-0.1, -0.05) is 17.7 Å². The molecule has 0 amide bonds. The average Bonchev–Trinajstić information content (AvgIpc) is 2.74. The molecule has 0 aliphatic carbocycles. The zero-order valence-corrected chi connectivity index (χ0v) is 12.4. The van der Waals surface area contributed by atoms with Crippen molar-refractivity contribution in [2.75, 3.05) is 12.4 Å². The Balaban J connectivity index is 2.24. The van der Waals surface area contributed by atoms with Gasteiger partial charge in [0.2, 0.25) is 0 Å². The van der Waals surface area contributed by atoms with E-state index in [0.29, 0.717) is 15.8 Å². The van der Waals surface area contributed by atoms with E-state index in [2.05, 4.69) is 15.0 Å². The molecule has 0 aliphatic rings. The fraction of sp³-hybridized carbons (Fsp3) is 0.231. The highest BCUT2D eigenvalue weighted by Crippen LogP contribution is 2.27. The van der Waals surface area contributed by atoms with Gasteiger partial charge in [0, 0.05) is 15.6 Å². The fourth-order valence-corrected chi connectivity index (χ4v) is 2.53. The van der Waals surface area contributed by atoms with Crippen molar-refractivity contribution in [3.63, 3.8) is 0 Å². The van der Waals surface area contributed by atoms with Gasteiger partial charge in [-0.15, -0.1) is 11.3 Å². The Bertz CT molecular complexity index is 625. The molecule has 19 heavy (non-hydrogen) atoms. The number of hydrogen-bond acceptors (Lipinski definition) is 5.